The summed E-state index contributed by atoms with van der Waals surface area (Å²) in [7, 11) is 0. The van der Waals surface area contributed by atoms with E-state index in [4.69, 9.17) is 16.0 Å². The average Bonchev–Trinajstić information content (AvgIpc) is 3.03. The largest absolute Gasteiger partial charge is 0.461 e. The highest BCUT2D eigenvalue weighted by atomic mass is 35.5. The molecule has 0 unspecified atom stereocenters. The van der Waals surface area contributed by atoms with Gasteiger partial charge >= 0.3 is 0 Å². The highest BCUT2D eigenvalue weighted by Crippen LogP contribution is 2.28. The first kappa shape index (κ1) is 15.8. The van der Waals surface area contributed by atoms with Gasteiger partial charge in [-0.15, -0.1) is 0 Å². The third-order valence-corrected chi connectivity index (χ3v) is 4.61. The van der Waals surface area contributed by atoms with Crippen molar-refractivity contribution >= 4 is 17.5 Å². The van der Waals surface area contributed by atoms with Gasteiger partial charge in [0.25, 0.3) is 5.91 Å². The number of nitrogens with zero attached hydrogens (tertiary/aromatic N) is 3. The number of rotatable bonds is 2. The lowest BCUT2D eigenvalue weighted by Gasteiger charge is -2.27. The fraction of sp³-hybridized carbons (Fsp3) is 0.211. The quantitative estimate of drug-likeness (QED) is 0.705. The van der Waals surface area contributed by atoms with Crippen LogP contribution in [0.3, 0.4) is 0 Å². The van der Waals surface area contributed by atoms with E-state index in [-0.39, 0.29) is 5.91 Å². The van der Waals surface area contributed by atoms with Crippen molar-refractivity contribution in [1.29, 1.82) is 0 Å². The maximum atomic E-state index is 12.9. The number of halogens is 1. The van der Waals surface area contributed by atoms with E-state index in [0.717, 1.165) is 16.8 Å². The molecule has 5 nitrogen and oxygen atoms in total. The molecule has 25 heavy (non-hydrogen) atoms. The molecule has 6 heteroatoms. The van der Waals surface area contributed by atoms with Crippen molar-refractivity contribution in [2.75, 3.05) is 6.54 Å². The number of aryl methyl sites for hydroxylation is 1. The molecule has 1 aromatic carbocycles. The Morgan fingerprint density at radius 2 is 2.12 bits per heavy atom. The van der Waals surface area contributed by atoms with Crippen LogP contribution in [0.4, 0.5) is 0 Å². The maximum absolute atomic E-state index is 12.9. The molecule has 0 N–H and O–H groups in total. The zero-order valence-corrected chi connectivity index (χ0v) is 14.4. The van der Waals surface area contributed by atoms with Gasteiger partial charge < -0.3 is 9.32 Å². The molecule has 3 aromatic rings. The van der Waals surface area contributed by atoms with Gasteiger partial charge in [-0.2, -0.15) is 0 Å². The second-order valence-electron chi connectivity index (χ2n) is 5.97. The molecule has 1 amide bonds. The standard InChI is InChI=1S/C19H15ClN3O2/c1-12-16(8-18(25-12)13-2-4-15(20)5-3-13)19(24)23-7-6-14-9-21-11-22-17(14)10-23/h2-5,8,11H,6-7,10H2,1H3. The summed E-state index contributed by atoms with van der Waals surface area (Å²) in [6.07, 6.45) is 5.13. The van der Waals surface area contributed by atoms with Crippen LogP contribution in [0.1, 0.15) is 27.4 Å². The van der Waals surface area contributed by atoms with Crippen molar-refractivity contribution in [2.24, 2.45) is 0 Å². The second-order valence-corrected chi connectivity index (χ2v) is 6.41. The Morgan fingerprint density at radius 3 is 2.92 bits per heavy atom. The van der Waals surface area contributed by atoms with E-state index in [2.05, 4.69) is 16.2 Å². The van der Waals surface area contributed by atoms with Crippen LogP contribution in [-0.2, 0) is 13.0 Å². The maximum Gasteiger partial charge on any atom is 0.257 e. The number of furan rings is 1. The second kappa shape index (κ2) is 6.33. The molecule has 125 valence electrons. The summed E-state index contributed by atoms with van der Waals surface area (Å²) in [6, 6.07) is 9.14. The molecule has 0 bridgehead atoms. The van der Waals surface area contributed by atoms with Gasteiger partial charge in [-0.1, -0.05) is 11.6 Å². The van der Waals surface area contributed by atoms with Crippen LogP contribution in [0.15, 0.2) is 41.1 Å². The van der Waals surface area contributed by atoms with Crippen LogP contribution in [-0.4, -0.2) is 27.3 Å². The summed E-state index contributed by atoms with van der Waals surface area (Å²) >= 11 is 5.92. The molecule has 1 radical (unpaired) electrons. The summed E-state index contributed by atoms with van der Waals surface area (Å²) in [4.78, 5) is 22.9. The van der Waals surface area contributed by atoms with Gasteiger partial charge in [0.15, 0.2) is 0 Å². The van der Waals surface area contributed by atoms with Crippen molar-refractivity contribution in [3.05, 3.63) is 70.5 Å². The van der Waals surface area contributed by atoms with Gasteiger partial charge in [0, 0.05) is 22.7 Å². The molecule has 2 aromatic heterocycles. The summed E-state index contributed by atoms with van der Waals surface area (Å²) in [5.41, 5.74) is 3.30. The number of hydrogen-bond acceptors (Lipinski definition) is 4. The van der Waals surface area contributed by atoms with Crippen LogP contribution in [0, 0.1) is 13.1 Å². The Balaban J connectivity index is 1.60. The summed E-state index contributed by atoms with van der Waals surface area (Å²) in [5, 5.41) is 0.661. The van der Waals surface area contributed by atoms with Gasteiger partial charge in [-0.3, -0.25) is 4.79 Å². The van der Waals surface area contributed by atoms with E-state index < -0.39 is 0 Å². The van der Waals surface area contributed by atoms with Crippen LogP contribution < -0.4 is 0 Å². The number of carbonyl (C=O) groups excluding carboxylic acids is 1. The van der Waals surface area contributed by atoms with Crippen LogP contribution in [0.2, 0.25) is 5.02 Å². The molecule has 4 rings (SSSR count). The number of aromatic nitrogens is 2. The third kappa shape index (κ3) is 3.03. The minimum Gasteiger partial charge on any atom is -0.461 e. The molecule has 1 aliphatic rings. The molecule has 0 atom stereocenters. The van der Waals surface area contributed by atoms with Crippen molar-refractivity contribution in [3.63, 3.8) is 0 Å². The van der Waals surface area contributed by atoms with Gasteiger partial charge in [0.1, 0.15) is 17.8 Å². The fourth-order valence-electron chi connectivity index (χ4n) is 2.99. The molecular formula is C19H15ClN3O2. The molecular weight excluding hydrogens is 338 g/mol. The Bertz CT molecular complexity index is 934. The normalized spacial score (nSPS) is 13.6. The van der Waals surface area contributed by atoms with Crippen molar-refractivity contribution in [2.45, 2.75) is 19.9 Å². The van der Waals surface area contributed by atoms with Crippen LogP contribution in [0.5, 0.6) is 0 Å². The predicted octanol–water partition coefficient (Wildman–Crippen LogP) is 3.70. The molecule has 0 saturated carbocycles. The minimum absolute atomic E-state index is 0.0503. The summed E-state index contributed by atoms with van der Waals surface area (Å²) in [5.74, 6) is 1.21. The first-order valence-corrected chi connectivity index (χ1v) is 8.35. The van der Waals surface area contributed by atoms with Crippen LogP contribution >= 0.6 is 11.6 Å². The van der Waals surface area contributed by atoms with E-state index >= 15 is 0 Å². The number of hydrogen-bond donors (Lipinski definition) is 0. The lowest BCUT2D eigenvalue weighted by Crippen LogP contribution is -2.36. The van der Waals surface area contributed by atoms with Crippen molar-refractivity contribution in [3.8, 4) is 11.3 Å². The fourth-order valence-corrected chi connectivity index (χ4v) is 3.11. The molecule has 0 saturated heterocycles. The van der Waals surface area contributed by atoms with E-state index in [9.17, 15) is 4.79 Å². The number of benzene rings is 1. The third-order valence-electron chi connectivity index (χ3n) is 4.36. The van der Waals surface area contributed by atoms with Crippen molar-refractivity contribution < 1.29 is 9.21 Å². The summed E-state index contributed by atoms with van der Waals surface area (Å²) in [6.45, 7) is 2.89. The smallest absolute Gasteiger partial charge is 0.257 e. The van der Waals surface area contributed by atoms with Crippen LogP contribution in [0.25, 0.3) is 11.3 Å². The lowest BCUT2D eigenvalue weighted by molar-refractivity contribution is 0.0730. The van der Waals surface area contributed by atoms with Gasteiger partial charge in [0.2, 0.25) is 0 Å². The molecule has 0 spiro atoms. The van der Waals surface area contributed by atoms with Crippen molar-refractivity contribution in [1.82, 2.24) is 14.9 Å². The Kier molecular flexibility index (Phi) is 4.01. The topological polar surface area (TPSA) is 59.2 Å². The monoisotopic (exact) mass is 352 g/mol. The van der Waals surface area contributed by atoms with E-state index in [0.29, 0.717) is 41.6 Å². The van der Waals surface area contributed by atoms with Gasteiger partial charge in [0.05, 0.1) is 24.0 Å². The zero-order chi connectivity index (χ0) is 17.4. The number of fused-ring (bicyclic) bond motifs is 1. The SMILES string of the molecule is Cc1oc(-c2ccc(Cl)cc2)cc1C(=O)N1CCc2[c]ncnc2C1. The highest BCUT2D eigenvalue weighted by molar-refractivity contribution is 6.30. The van der Waals surface area contributed by atoms with Gasteiger partial charge in [-0.05, 0) is 43.7 Å². The first-order chi connectivity index (χ1) is 12.1. The zero-order valence-electron chi connectivity index (χ0n) is 13.6. The average molecular weight is 353 g/mol. The minimum atomic E-state index is -0.0503. The predicted molar refractivity (Wildman–Crippen MR) is 93.2 cm³/mol. The highest BCUT2D eigenvalue weighted by Gasteiger charge is 2.26. The summed E-state index contributed by atoms with van der Waals surface area (Å²) < 4.78 is 5.80. The van der Waals surface area contributed by atoms with E-state index in [1.165, 1.54) is 6.33 Å². The Labute approximate surface area is 150 Å². The van der Waals surface area contributed by atoms with Gasteiger partial charge in [-0.25, -0.2) is 9.97 Å². The molecule has 3 heterocycles. The van der Waals surface area contributed by atoms with E-state index in [1.807, 2.05) is 12.1 Å². The lowest BCUT2D eigenvalue weighted by atomic mass is 10.1. The first-order valence-electron chi connectivity index (χ1n) is 7.98. The Hall–Kier alpha value is -2.66. The Morgan fingerprint density at radius 1 is 1.32 bits per heavy atom. The number of carbonyl (C=O) groups is 1. The molecule has 0 fully saturated rings. The molecule has 0 aliphatic carbocycles. The number of amides is 1. The van der Waals surface area contributed by atoms with E-state index in [1.54, 1.807) is 30.0 Å². The molecule has 1 aliphatic heterocycles.